The zero-order valence-electron chi connectivity index (χ0n) is 31.5. The van der Waals surface area contributed by atoms with E-state index in [9.17, 15) is 19.2 Å². The second kappa shape index (κ2) is 17.3. The molecule has 0 radical (unpaired) electrons. The van der Waals surface area contributed by atoms with Crippen LogP contribution in [-0.4, -0.2) is 60.6 Å². The van der Waals surface area contributed by atoms with E-state index in [1.165, 1.54) is 0 Å². The lowest BCUT2D eigenvalue weighted by Crippen LogP contribution is -2.49. The molecule has 5 rings (SSSR count). The Labute approximate surface area is 316 Å². The summed E-state index contributed by atoms with van der Waals surface area (Å²) in [6, 6.07) is 29.5. The molecular formula is C43H48N2O9. The van der Waals surface area contributed by atoms with Gasteiger partial charge in [0.2, 0.25) is 0 Å². The molecule has 54 heavy (non-hydrogen) atoms. The molecule has 11 nitrogen and oxygen atoms in total. The van der Waals surface area contributed by atoms with Gasteiger partial charge in [-0.25, -0.2) is 19.2 Å². The highest BCUT2D eigenvalue weighted by Gasteiger charge is 2.32. The molecule has 2 amide bonds. The number of alkyl carbamates (subject to hydrolysis) is 2. The second-order valence-corrected chi connectivity index (χ2v) is 15.0. The summed E-state index contributed by atoms with van der Waals surface area (Å²) in [5.74, 6) is -1.25. The maximum Gasteiger partial charge on any atom is 0.408 e. The third-order valence-electron chi connectivity index (χ3n) is 8.30. The monoisotopic (exact) mass is 736 g/mol. The predicted octanol–water partition coefficient (Wildman–Crippen LogP) is 7.49. The summed E-state index contributed by atoms with van der Waals surface area (Å²) in [6.07, 6.45) is -1.69. The molecule has 0 saturated carbocycles. The van der Waals surface area contributed by atoms with Gasteiger partial charge in [-0.1, -0.05) is 91.0 Å². The second-order valence-electron chi connectivity index (χ2n) is 15.0. The molecule has 0 aromatic heterocycles. The van der Waals surface area contributed by atoms with Gasteiger partial charge in [-0.3, -0.25) is 0 Å². The van der Waals surface area contributed by atoms with Crippen LogP contribution in [0.1, 0.15) is 69.7 Å². The van der Waals surface area contributed by atoms with Crippen molar-refractivity contribution in [2.75, 3.05) is 13.2 Å². The van der Waals surface area contributed by atoms with Crippen LogP contribution in [0.15, 0.2) is 103 Å². The molecule has 4 aromatic rings. The molecule has 0 unspecified atom stereocenters. The summed E-state index contributed by atoms with van der Waals surface area (Å²) in [7, 11) is 0. The van der Waals surface area contributed by atoms with Gasteiger partial charge >= 0.3 is 24.1 Å². The number of hydrogen-bond donors (Lipinski definition) is 2. The quantitative estimate of drug-likeness (QED) is 0.106. The van der Waals surface area contributed by atoms with Crippen molar-refractivity contribution in [3.8, 4) is 16.9 Å². The Bertz CT molecular complexity index is 1870. The summed E-state index contributed by atoms with van der Waals surface area (Å²) in [5, 5.41) is 5.11. The van der Waals surface area contributed by atoms with Crippen molar-refractivity contribution in [2.45, 2.75) is 83.8 Å². The minimum atomic E-state index is -1.41. The molecule has 0 heterocycles. The molecule has 2 N–H and O–H groups in total. The third-order valence-corrected chi connectivity index (χ3v) is 8.30. The van der Waals surface area contributed by atoms with Crippen LogP contribution in [0.4, 0.5) is 9.59 Å². The van der Waals surface area contributed by atoms with E-state index in [-0.39, 0.29) is 25.6 Å². The van der Waals surface area contributed by atoms with E-state index in [0.29, 0.717) is 11.3 Å². The summed E-state index contributed by atoms with van der Waals surface area (Å²) in [4.78, 5) is 53.0. The Balaban J connectivity index is 1.30. The van der Waals surface area contributed by atoms with Gasteiger partial charge in [-0.15, -0.1) is 0 Å². The van der Waals surface area contributed by atoms with Crippen molar-refractivity contribution in [1.82, 2.24) is 10.6 Å². The van der Waals surface area contributed by atoms with Gasteiger partial charge < -0.3 is 34.3 Å². The number of ether oxygens (including phenoxy) is 5. The van der Waals surface area contributed by atoms with Gasteiger partial charge in [-0.05, 0) is 87.1 Å². The lowest BCUT2D eigenvalue weighted by Gasteiger charge is -2.24. The largest absolute Gasteiger partial charge is 0.488 e. The summed E-state index contributed by atoms with van der Waals surface area (Å²) >= 11 is 0. The molecule has 0 spiro atoms. The summed E-state index contributed by atoms with van der Waals surface area (Å²) in [5.41, 5.74) is 4.41. The van der Waals surface area contributed by atoms with Crippen molar-refractivity contribution < 1.29 is 42.9 Å². The molecule has 284 valence electrons. The number of nitrogens with one attached hydrogen (secondary N) is 2. The van der Waals surface area contributed by atoms with Crippen LogP contribution in [0.3, 0.4) is 0 Å². The van der Waals surface area contributed by atoms with E-state index in [2.05, 4.69) is 10.6 Å². The highest BCUT2D eigenvalue weighted by molar-refractivity contribution is 5.84. The molecule has 11 heteroatoms. The number of fused-ring (bicyclic) bond motifs is 3. The summed E-state index contributed by atoms with van der Waals surface area (Å²) < 4.78 is 28.1. The standard InChI is InChI=1S/C43H48N2O9/c1-42(2,3)53-30-22-20-28(21-23-30)24-36(44-40(48)52-26-35-33-18-12-10-16-31(33)32-17-11-13-19-34(32)35)38(46)51-27-37(45-41(49)54-43(4,5)6)39(47)50-25-29-14-8-7-9-15-29/h7-23,35-37H,24-27H2,1-6H3,(H,44,48)(H,45,49)/t36-,37+/m1/s1. The number of benzene rings is 4. The molecule has 0 fully saturated rings. The van der Waals surface area contributed by atoms with Gasteiger partial charge in [0.15, 0.2) is 6.04 Å². The first-order valence-corrected chi connectivity index (χ1v) is 17.9. The average Bonchev–Trinajstić information content (AvgIpc) is 3.44. The zero-order chi connectivity index (χ0) is 38.9. The van der Waals surface area contributed by atoms with Crippen molar-refractivity contribution in [1.29, 1.82) is 0 Å². The molecule has 1 aliphatic carbocycles. The maximum absolute atomic E-state index is 13.7. The molecule has 2 atom stereocenters. The maximum atomic E-state index is 13.7. The van der Waals surface area contributed by atoms with Crippen LogP contribution in [0.5, 0.6) is 5.75 Å². The topological polar surface area (TPSA) is 138 Å². The number of hydrogen-bond acceptors (Lipinski definition) is 9. The molecule has 1 aliphatic rings. The Morgan fingerprint density at radius 3 is 1.74 bits per heavy atom. The lowest BCUT2D eigenvalue weighted by atomic mass is 9.98. The van der Waals surface area contributed by atoms with Gasteiger partial charge in [0.1, 0.15) is 42.8 Å². The normalized spacial score (nSPS) is 13.4. The van der Waals surface area contributed by atoms with Crippen LogP contribution in [0.25, 0.3) is 11.1 Å². The van der Waals surface area contributed by atoms with Gasteiger partial charge in [0.25, 0.3) is 0 Å². The smallest absolute Gasteiger partial charge is 0.408 e. The van der Waals surface area contributed by atoms with E-state index >= 15 is 0 Å². The number of carbonyl (C=O) groups excluding carboxylic acids is 4. The fourth-order valence-corrected chi connectivity index (χ4v) is 5.97. The predicted molar refractivity (Wildman–Crippen MR) is 203 cm³/mol. The van der Waals surface area contributed by atoms with E-state index < -0.39 is 54.0 Å². The Hall–Kier alpha value is -5.84. The molecule has 0 aliphatic heterocycles. The van der Waals surface area contributed by atoms with E-state index in [1.807, 2.05) is 75.4 Å². The van der Waals surface area contributed by atoms with Crippen molar-refractivity contribution in [3.05, 3.63) is 125 Å². The van der Waals surface area contributed by atoms with Crippen molar-refractivity contribution in [2.24, 2.45) is 0 Å². The molecule has 4 aromatic carbocycles. The molecular weight excluding hydrogens is 688 g/mol. The van der Waals surface area contributed by atoms with Crippen LogP contribution in [-0.2, 0) is 41.6 Å². The van der Waals surface area contributed by atoms with Crippen LogP contribution in [0.2, 0.25) is 0 Å². The van der Waals surface area contributed by atoms with Crippen molar-refractivity contribution in [3.63, 3.8) is 0 Å². The minimum Gasteiger partial charge on any atom is -0.488 e. The van der Waals surface area contributed by atoms with E-state index in [4.69, 9.17) is 23.7 Å². The van der Waals surface area contributed by atoms with Crippen LogP contribution >= 0.6 is 0 Å². The molecule has 0 saturated heterocycles. The number of carbonyl (C=O) groups is 4. The zero-order valence-corrected chi connectivity index (χ0v) is 31.5. The third kappa shape index (κ3) is 11.3. The van der Waals surface area contributed by atoms with Crippen LogP contribution < -0.4 is 15.4 Å². The van der Waals surface area contributed by atoms with Crippen molar-refractivity contribution >= 4 is 24.1 Å². The first kappa shape index (κ1) is 39.4. The van der Waals surface area contributed by atoms with Crippen LogP contribution in [0, 0.1) is 0 Å². The number of rotatable bonds is 13. The van der Waals surface area contributed by atoms with Gasteiger partial charge in [0.05, 0.1) is 0 Å². The Morgan fingerprint density at radius 1 is 0.593 bits per heavy atom. The fourth-order valence-electron chi connectivity index (χ4n) is 5.97. The first-order valence-electron chi connectivity index (χ1n) is 17.9. The summed E-state index contributed by atoms with van der Waals surface area (Å²) in [6.45, 7) is 10.2. The number of amides is 2. The Kier molecular flexibility index (Phi) is 12.6. The first-order chi connectivity index (χ1) is 25.6. The highest BCUT2D eigenvalue weighted by Crippen LogP contribution is 2.44. The fraction of sp³-hybridized carbons (Fsp3) is 0.349. The average molecular weight is 737 g/mol. The van der Waals surface area contributed by atoms with E-state index in [0.717, 1.165) is 27.8 Å². The van der Waals surface area contributed by atoms with E-state index in [1.54, 1.807) is 69.3 Å². The highest BCUT2D eigenvalue weighted by atomic mass is 16.6. The minimum absolute atomic E-state index is 0.0292. The lowest BCUT2D eigenvalue weighted by molar-refractivity contribution is -0.154. The molecule has 0 bridgehead atoms. The van der Waals surface area contributed by atoms with Gasteiger partial charge in [0, 0.05) is 12.3 Å². The Morgan fingerprint density at radius 2 is 1.15 bits per heavy atom. The number of esters is 2. The SMILES string of the molecule is CC(C)(C)OC(=O)N[C@@H](COC(=O)[C@@H](Cc1ccc(OC(C)(C)C)cc1)NC(=O)OCC1c2ccccc2-c2ccccc21)C(=O)OCc1ccccc1. The van der Waals surface area contributed by atoms with Gasteiger partial charge in [-0.2, -0.15) is 0 Å².